The average Bonchev–Trinajstić information content (AvgIpc) is 2.39. The Morgan fingerprint density at radius 3 is 2.65 bits per heavy atom. The number of hydrogen-bond donors (Lipinski definition) is 2. The van der Waals surface area contributed by atoms with Gasteiger partial charge in [-0.3, -0.25) is 4.90 Å². The van der Waals surface area contributed by atoms with Crippen molar-refractivity contribution < 1.29 is 9.84 Å². The Kier molecular flexibility index (Phi) is 3.86. The number of ether oxygens (including phenoxy) is 1. The fourth-order valence-corrected chi connectivity index (χ4v) is 2.27. The van der Waals surface area contributed by atoms with Crippen molar-refractivity contribution in [3.8, 4) is 11.5 Å². The van der Waals surface area contributed by atoms with Gasteiger partial charge in [0.05, 0.1) is 7.11 Å². The molecule has 94 valence electrons. The molecule has 1 fully saturated rings. The number of phenolic OH excluding ortho intramolecular Hbond substituents is 1. The number of piperazine rings is 1. The maximum absolute atomic E-state index is 10.0. The molecule has 2 N–H and O–H groups in total. The molecule has 0 amide bonds. The molecule has 0 spiro atoms. The lowest BCUT2D eigenvalue weighted by Crippen LogP contribution is -2.44. The van der Waals surface area contributed by atoms with Gasteiger partial charge in [-0.25, -0.2) is 0 Å². The summed E-state index contributed by atoms with van der Waals surface area (Å²) in [6.45, 7) is 6.20. The third-order valence-corrected chi connectivity index (χ3v) is 3.39. The van der Waals surface area contributed by atoms with Gasteiger partial charge >= 0.3 is 0 Å². The lowest BCUT2D eigenvalue weighted by Gasteiger charge is -2.33. The van der Waals surface area contributed by atoms with Crippen LogP contribution in [-0.2, 0) is 0 Å². The first-order valence-electron chi connectivity index (χ1n) is 6.04. The number of nitrogens with zero attached hydrogens (tertiary/aromatic N) is 1. The predicted octanol–water partition coefficient (Wildman–Crippen LogP) is 1.37. The van der Waals surface area contributed by atoms with Crippen LogP contribution < -0.4 is 10.1 Å². The molecule has 0 bridgehead atoms. The Bertz CT molecular complexity index is 376. The van der Waals surface area contributed by atoms with Gasteiger partial charge in [-0.1, -0.05) is 6.07 Å². The molecule has 1 aliphatic rings. The largest absolute Gasteiger partial charge is 0.507 e. The van der Waals surface area contributed by atoms with E-state index in [0.717, 1.165) is 31.7 Å². The van der Waals surface area contributed by atoms with E-state index >= 15 is 0 Å². The molecule has 1 heterocycles. The average molecular weight is 236 g/mol. The van der Waals surface area contributed by atoms with Crippen molar-refractivity contribution in [3.05, 3.63) is 23.8 Å². The number of rotatable bonds is 3. The van der Waals surface area contributed by atoms with Gasteiger partial charge in [-0.05, 0) is 13.0 Å². The topological polar surface area (TPSA) is 44.7 Å². The fourth-order valence-electron chi connectivity index (χ4n) is 2.27. The molecule has 2 rings (SSSR count). The van der Waals surface area contributed by atoms with Crippen LogP contribution in [-0.4, -0.2) is 43.3 Å². The summed E-state index contributed by atoms with van der Waals surface area (Å²) in [5, 5.41) is 13.3. The highest BCUT2D eigenvalue weighted by molar-refractivity contribution is 5.41. The zero-order valence-corrected chi connectivity index (χ0v) is 10.4. The Balaban J connectivity index is 2.15. The fraction of sp³-hybridized carbons (Fsp3) is 0.538. The number of benzene rings is 1. The van der Waals surface area contributed by atoms with Gasteiger partial charge in [0.15, 0.2) is 0 Å². The normalized spacial score (nSPS) is 18.9. The van der Waals surface area contributed by atoms with Crippen molar-refractivity contribution in [1.29, 1.82) is 0 Å². The second kappa shape index (κ2) is 5.38. The van der Waals surface area contributed by atoms with Crippen LogP contribution >= 0.6 is 0 Å². The molecule has 0 radical (unpaired) electrons. The molecule has 4 heteroatoms. The summed E-state index contributed by atoms with van der Waals surface area (Å²) in [7, 11) is 1.61. The molecule has 4 nitrogen and oxygen atoms in total. The Morgan fingerprint density at radius 2 is 2.06 bits per heavy atom. The highest BCUT2D eigenvalue weighted by atomic mass is 16.5. The Labute approximate surface area is 102 Å². The lowest BCUT2D eigenvalue weighted by atomic mass is 10.0. The van der Waals surface area contributed by atoms with Gasteiger partial charge in [-0.15, -0.1) is 0 Å². The molecule has 1 aromatic carbocycles. The number of methoxy groups -OCH3 is 1. The molecule has 1 aliphatic heterocycles. The van der Waals surface area contributed by atoms with Gasteiger partial charge in [-0.2, -0.15) is 0 Å². The van der Waals surface area contributed by atoms with E-state index in [4.69, 9.17) is 4.74 Å². The first-order valence-corrected chi connectivity index (χ1v) is 6.04. The molecule has 17 heavy (non-hydrogen) atoms. The van der Waals surface area contributed by atoms with E-state index in [1.54, 1.807) is 13.2 Å². The van der Waals surface area contributed by atoms with E-state index in [-0.39, 0.29) is 6.04 Å². The summed E-state index contributed by atoms with van der Waals surface area (Å²) < 4.78 is 5.09. The van der Waals surface area contributed by atoms with Gasteiger partial charge in [0.2, 0.25) is 0 Å². The quantitative estimate of drug-likeness (QED) is 0.832. The molecular formula is C13H20N2O2. The zero-order chi connectivity index (χ0) is 12.3. The molecule has 1 aromatic rings. The highest BCUT2D eigenvalue weighted by Gasteiger charge is 2.20. The van der Waals surface area contributed by atoms with E-state index in [1.807, 2.05) is 12.1 Å². The minimum Gasteiger partial charge on any atom is -0.507 e. The standard InChI is InChI=1S/C13H20N2O2/c1-10(15-7-5-14-6-8-15)12-4-3-11(17-2)9-13(12)16/h3-4,9-10,14,16H,5-8H2,1-2H3/t10-/m0/s1. The predicted molar refractivity (Wildman–Crippen MR) is 67.5 cm³/mol. The summed E-state index contributed by atoms with van der Waals surface area (Å²) in [6.07, 6.45) is 0. The Hall–Kier alpha value is -1.26. The van der Waals surface area contributed by atoms with E-state index in [9.17, 15) is 5.11 Å². The van der Waals surface area contributed by atoms with Crippen LogP contribution in [0.15, 0.2) is 18.2 Å². The Morgan fingerprint density at radius 1 is 1.35 bits per heavy atom. The second-order valence-corrected chi connectivity index (χ2v) is 4.39. The summed E-state index contributed by atoms with van der Waals surface area (Å²) in [6, 6.07) is 5.76. The van der Waals surface area contributed by atoms with Crippen molar-refractivity contribution in [1.82, 2.24) is 10.2 Å². The summed E-state index contributed by atoms with van der Waals surface area (Å²) in [5.74, 6) is 1.01. The lowest BCUT2D eigenvalue weighted by molar-refractivity contribution is 0.183. The SMILES string of the molecule is COc1ccc([C@H](C)N2CCNCC2)c(O)c1. The van der Waals surface area contributed by atoms with E-state index in [1.165, 1.54) is 0 Å². The first kappa shape index (κ1) is 12.2. The minimum absolute atomic E-state index is 0.239. The highest BCUT2D eigenvalue weighted by Crippen LogP contribution is 2.31. The third kappa shape index (κ3) is 2.70. The summed E-state index contributed by atoms with van der Waals surface area (Å²) >= 11 is 0. The van der Waals surface area contributed by atoms with Crippen molar-refractivity contribution in [2.45, 2.75) is 13.0 Å². The number of aromatic hydroxyl groups is 1. The third-order valence-electron chi connectivity index (χ3n) is 3.39. The van der Waals surface area contributed by atoms with Crippen LogP contribution in [0.5, 0.6) is 11.5 Å². The smallest absolute Gasteiger partial charge is 0.124 e. The van der Waals surface area contributed by atoms with Crippen molar-refractivity contribution in [3.63, 3.8) is 0 Å². The second-order valence-electron chi connectivity index (χ2n) is 4.39. The van der Waals surface area contributed by atoms with Gasteiger partial charge in [0.1, 0.15) is 11.5 Å². The van der Waals surface area contributed by atoms with E-state index in [2.05, 4.69) is 17.1 Å². The zero-order valence-electron chi connectivity index (χ0n) is 10.4. The summed E-state index contributed by atoms with van der Waals surface area (Å²) in [5.41, 5.74) is 0.965. The maximum atomic E-state index is 10.0. The molecule has 0 aromatic heterocycles. The summed E-state index contributed by atoms with van der Waals surface area (Å²) in [4.78, 5) is 2.37. The number of hydrogen-bond acceptors (Lipinski definition) is 4. The molecule has 1 atom stereocenters. The van der Waals surface area contributed by atoms with Crippen LogP contribution in [0.25, 0.3) is 0 Å². The maximum Gasteiger partial charge on any atom is 0.124 e. The van der Waals surface area contributed by atoms with Crippen LogP contribution in [0.2, 0.25) is 0 Å². The molecule has 0 saturated carbocycles. The molecular weight excluding hydrogens is 216 g/mol. The van der Waals surface area contributed by atoms with E-state index in [0.29, 0.717) is 11.5 Å². The van der Waals surface area contributed by atoms with Crippen LogP contribution in [0.4, 0.5) is 0 Å². The number of phenols is 1. The van der Waals surface area contributed by atoms with Gasteiger partial charge < -0.3 is 15.2 Å². The molecule has 0 aliphatic carbocycles. The van der Waals surface area contributed by atoms with Crippen LogP contribution in [0, 0.1) is 0 Å². The van der Waals surface area contributed by atoms with E-state index < -0.39 is 0 Å². The molecule has 0 unspecified atom stereocenters. The van der Waals surface area contributed by atoms with Gasteiger partial charge in [0.25, 0.3) is 0 Å². The van der Waals surface area contributed by atoms with Crippen LogP contribution in [0.3, 0.4) is 0 Å². The first-order chi connectivity index (χ1) is 8.22. The van der Waals surface area contributed by atoms with Crippen LogP contribution in [0.1, 0.15) is 18.5 Å². The monoisotopic (exact) mass is 236 g/mol. The van der Waals surface area contributed by atoms with Crippen molar-refractivity contribution in [2.24, 2.45) is 0 Å². The number of nitrogens with one attached hydrogen (secondary N) is 1. The van der Waals surface area contributed by atoms with Crippen molar-refractivity contribution >= 4 is 0 Å². The van der Waals surface area contributed by atoms with Gasteiger partial charge in [0, 0.05) is 43.9 Å². The molecule has 1 saturated heterocycles. The van der Waals surface area contributed by atoms with Crippen molar-refractivity contribution in [2.75, 3.05) is 33.3 Å². The minimum atomic E-state index is 0.239.